The maximum atomic E-state index is 15.4. The highest BCUT2D eigenvalue weighted by Crippen LogP contribution is 2.32. The molecule has 4 aromatic carbocycles. The predicted molar refractivity (Wildman–Crippen MR) is 198 cm³/mol. The summed E-state index contributed by atoms with van der Waals surface area (Å²) in [7, 11) is 0.608. The van der Waals surface area contributed by atoms with Crippen LogP contribution in [0.4, 0.5) is 22.0 Å². The number of fused-ring (bicyclic) bond motifs is 1. The Labute approximate surface area is 333 Å². The van der Waals surface area contributed by atoms with Gasteiger partial charge in [0.05, 0.1) is 32.3 Å². The molecule has 0 radical (unpaired) electrons. The number of hydrogen-bond donors (Lipinski definition) is 0. The summed E-state index contributed by atoms with van der Waals surface area (Å²) in [6, 6.07) is 4.55. The Morgan fingerprint density at radius 3 is 2.38 bits per heavy atom. The van der Waals surface area contributed by atoms with Crippen molar-refractivity contribution in [2.75, 3.05) is 33.2 Å². The third-order valence-corrected chi connectivity index (χ3v) is 8.86. The molecule has 2 heterocycles. The van der Waals surface area contributed by atoms with E-state index in [2.05, 4.69) is 4.74 Å². The molecule has 6 rings (SSSR count). The molecule has 5 aromatic rings. The predicted octanol–water partition coefficient (Wildman–Crippen LogP) is 8.71. The third kappa shape index (κ3) is 9.17. The molecule has 1 saturated heterocycles. The monoisotopic (exact) mass is 766 g/mol. The summed E-state index contributed by atoms with van der Waals surface area (Å²) >= 11 is 0.437. The van der Waals surface area contributed by atoms with Gasteiger partial charge >= 0.3 is 6.18 Å². The third-order valence-electron chi connectivity index (χ3n) is 7.81. The van der Waals surface area contributed by atoms with Crippen molar-refractivity contribution in [3.63, 3.8) is 0 Å². The molecule has 1 aliphatic rings. The number of hydrogen-bond acceptors (Lipinski definition) is 5. The smallest absolute Gasteiger partial charge is 0.383 e. The van der Waals surface area contributed by atoms with E-state index in [4.69, 9.17) is 16.4 Å². The van der Waals surface area contributed by atoms with E-state index in [-0.39, 0.29) is 32.7 Å². The Morgan fingerprint density at radius 1 is 1.04 bits per heavy atom. The number of nitrogens with zero attached hydrogens (tertiary/aromatic N) is 3. The second kappa shape index (κ2) is 16.7. The van der Waals surface area contributed by atoms with Crippen LogP contribution in [0.1, 0.15) is 58.3 Å². The van der Waals surface area contributed by atoms with Crippen molar-refractivity contribution in [2.45, 2.75) is 55.7 Å². The first-order valence-corrected chi connectivity index (χ1v) is 16.6. The number of ether oxygens (including phenoxy) is 1. The zero-order valence-electron chi connectivity index (χ0n) is 44.8. The maximum Gasteiger partial charge on any atom is 0.416 e. The molecule has 0 bridgehead atoms. The molecule has 1 aromatic heterocycles. The summed E-state index contributed by atoms with van der Waals surface area (Å²) in [6.07, 6.45) is -13.4. The quantitative estimate of drug-likeness (QED) is 0.0940. The lowest BCUT2D eigenvalue weighted by Gasteiger charge is -2.39. The Kier molecular flexibility index (Phi) is 6.91. The van der Waals surface area contributed by atoms with Crippen molar-refractivity contribution in [1.82, 2.24) is 14.4 Å². The van der Waals surface area contributed by atoms with Crippen molar-refractivity contribution in [3.8, 4) is 11.1 Å². The number of piperidine rings is 1. The number of likely N-dealkylation sites (tertiary alicyclic amines) is 1. The largest absolute Gasteiger partial charge is 0.416 e. The highest BCUT2D eigenvalue weighted by atomic mass is 32.2. The van der Waals surface area contributed by atoms with Crippen molar-refractivity contribution in [3.05, 3.63) is 135 Å². The fourth-order valence-corrected chi connectivity index (χ4v) is 6.15. The highest BCUT2D eigenvalue weighted by molar-refractivity contribution is 7.98. The molecule has 0 N–H and O–H groups in total. The second-order valence-electron chi connectivity index (χ2n) is 11.4. The van der Waals surface area contributed by atoms with Gasteiger partial charge in [0.15, 0.2) is 17.1 Å². The number of rotatable bonds is 12. The van der Waals surface area contributed by atoms with Crippen LogP contribution in [0.3, 0.4) is 0 Å². The van der Waals surface area contributed by atoms with Crippen LogP contribution < -0.4 is 5.43 Å². The summed E-state index contributed by atoms with van der Waals surface area (Å²) < 4.78 is 226. The molecule has 0 saturated carbocycles. The topological polar surface area (TPSA) is 54.8 Å². The first-order chi connectivity index (χ1) is 32.0. The van der Waals surface area contributed by atoms with Crippen LogP contribution in [0, 0.1) is 18.6 Å². The first kappa shape index (κ1) is 22.0. The molecule has 0 unspecified atom stereocenters. The average Bonchev–Trinajstić information content (AvgIpc) is 3.27. The zero-order valence-corrected chi connectivity index (χ0v) is 28.7. The fraction of sp³-hybridized carbons (Fsp3) is 0.317. The van der Waals surface area contributed by atoms with E-state index in [9.17, 15) is 33.6 Å². The number of carbonyl (C=O) groups is 1. The Bertz CT molecular complexity index is 2910. The standard InChI is InChI=1S/C41H40F5N3O3S/c1-27-6-15-34-36(22-27)49(39(23-37(34)50)53-26-31-4-3-5-35(42)40(31)43)25-38(51)48(33-16-18-47(19-17-33)20-21-52-2)24-28-7-9-29(10-8-28)30-11-13-32(14-12-30)41(44,45)46/h3-15,22-23,33H,16-21,24-26H2,1-2H3/i6D,15D,16D2,17D2,18D2,19D2,20D2,21D2,22D,23D,33D. The van der Waals surface area contributed by atoms with Gasteiger partial charge < -0.3 is 19.1 Å². The molecule has 1 fully saturated rings. The molecule has 53 heavy (non-hydrogen) atoms. The lowest BCUT2D eigenvalue weighted by atomic mass is 10.00. The maximum absolute atomic E-state index is 15.4. The average molecular weight is 767 g/mol. The zero-order chi connectivity index (χ0) is 52.9. The van der Waals surface area contributed by atoms with Gasteiger partial charge in [-0.3, -0.25) is 9.59 Å². The highest BCUT2D eigenvalue weighted by Gasteiger charge is 2.31. The van der Waals surface area contributed by atoms with Gasteiger partial charge in [0.2, 0.25) is 5.91 Å². The van der Waals surface area contributed by atoms with Crippen molar-refractivity contribution in [2.24, 2.45) is 0 Å². The Hall–Kier alpha value is -4.52. The van der Waals surface area contributed by atoms with E-state index >= 15 is 4.79 Å². The summed E-state index contributed by atoms with van der Waals surface area (Å²) in [6.45, 7) is -17.8. The minimum Gasteiger partial charge on any atom is -0.383 e. The van der Waals surface area contributed by atoms with Crippen LogP contribution in [0.5, 0.6) is 0 Å². The molecular formula is C41H40F5N3O3S. The van der Waals surface area contributed by atoms with E-state index in [0.717, 1.165) is 47.0 Å². The van der Waals surface area contributed by atoms with Gasteiger partial charge in [-0.05, 0) is 72.2 Å². The molecule has 6 nitrogen and oxygen atoms in total. The number of alkyl halides is 3. The first-order valence-electron chi connectivity index (χ1n) is 24.1. The molecule has 0 spiro atoms. The Balaban J connectivity index is 1.62. The van der Waals surface area contributed by atoms with Gasteiger partial charge in [0.25, 0.3) is 0 Å². The van der Waals surface area contributed by atoms with Gasteiger partial charge in [-0.1, -0.05) is 54.6 Å². The molecule has 1 aliphatic heterocycles. The van der Waals surface area contributed by atoms with Crippen LogP contribution in [-0.2, 0) is 34.6 Å². The molecule has 12 heteroatoms. The van der Waals surface area contributed by atoms with Gasteiger partial charge in [0.1, 0.15) is 6.54 Å². The number of halogens is 5. The van der Waals surface area contributed by atoms with Crippen molar-refractivity contribution < 1.29 is 54.8 Å². The number of pyridine rings is 1. The van der Waals surface area contributed by atoms with Crippen molar-refractivity contribution in [1.29, 1.82) is 0 Å². The minimum atomic E-state index is -4.67. The lowest BCUT2D eigenvalue weighted by Crippen LogP contribution is -2.48. The molecule has 278 valence electrons. The molecular weight excluding hydrogens is 710 g/mol. The molecule has 0 aliphatic carbocycles. The van der Waals surface area contributed by atoms with Crippen LogP contribution in [0.15, 0.2) is 101 Å². The van der Waals surface area contributed by atoms with E-state index < -0.39 is 143 Å². The van der Waals surface area contributed by atoms with E-state index in [1.54, 1.807) is 0 Å². The molecule has 0 atom stereocenters. The number of thioether (sulfide) groups is 1. The number of carbonyl (C=O) groups excluding carboxylic acids is 1. The van der Waals surface area contributed by atoms with Crippen LogP contribution in [-0.4, -0.2) is 59.5 Å². The van der Waals surface area contributed by atoms with Gasteiger partial charge in [0, 0.05) is 75.6 Å². The van der Waals surface area contributed by atoms with Crippen molar-refractivity contribution >= 4 is 28.6 Å². The SMILES string of the molecule is [2H]c1c(C)c([2H])c2c(c1[2H])c(=O)c([2H])c(SCc1cccc(F)c1F)n2CC(=O)N(Cc1ccc(-c2ccc(C(F)(F)F)cc2)cc1)C1([2H])C([2H])([2H])C([2H])([2H])N(C([2H])([2H])C([2H])([2H])OC)C([2H])([2H])C1([2H])[2H]. The van der Waals surface area contributed by atoms with Gasteiger partial charge in [-0.25, -0.2) is 8.78 Å². The number of aromatic nitrogens is 1. The second-order valence-corrected chi connectivity index (χ2v) is 12.4. The van der Waals surface area contributed by atoms with Crippen LogP contribution >= 0.6 is 11.8 Å². The van der Waals surface area contributed by atoms with E-state index in [0.29, 0.717) is 18.9 Å². The van der Waals surface area contributed by atoms with Crippen LogP contribution in [0.25, 0.3) is 22.0 Å². The number of benzene rings is 4. The summed E-state index contributed by atoms with van der Waals surface area (Å²) in [4.78, 5) is 28.5. The number of methoxy groups -OCH3 is 1. The Morgan fingerprint density at radius 2 is 1.72 bits per heavy atom. The summed E-state index contributed by atoms with van der Waals surface area (Å²) in [5.41, 5.74) is -3.10. The molecule has 1 amide bonds. The minimum absolute atomic E-state index is 0.0405. The van der Waals surface area contributed by atoms with Gasteiger partial charge in [-0.2, -0.15) is 13.2 Å². The fourth-order valence-electron chi connectivity index (χ4n) is 5.16. The van der Waals surface area contributed by atoms with Crippen LogP contribution in [0.2, 0.25) is 0 Å². The summed E-state index contributed by atoms with van der Waals surface area (Å²) in [5.74, 6) is -4.87. The van der Waals surface area contributed by atoms with Gasteiger partial charge in [-0.15, -0.1) is 11.8 Å². The van der Waals surface area contributed by atoms with E-state index in [1.165, 1.54) is 31.2 Å². The summed E-state index contributed by atoms with van der Waals surface area (Å²) in [5, 5.41) is -1.37. The van der Waals surface area contributed by atoms with E-state index in [1.807, 2.05) is 0 Å². The lowest BCUT2D eigenvalue weighted by molar-refractivity contribution is -0.137. The normalized spacial score (nSPS) is 23.8. The number of amides is 1.